The van der Waals surface area contributed by atoms with E-state index in [4.69, 9.17) is 13.9 Å². The Balaban J connectivity index is 1.56. The quantitative estimate of drug-likeness (QED) is 0.655. The van der Waals surface area contributed by atoms with E-state index in [0.29, 0.717) is 25.6 Å². The fourth-order valence-corrected chi connectivity index (χ4v) is 3.26. The molecule has 1 unspecified atom stereocenters. The summed E-state index contributed by atoms with van der Waals surface area (Å²) in [5, 5.41) is 5.35. The zero-order valence-electron chi connectivity index (χ0n) is 13.9. The van der Waals surface area contributed by atoms with Gasteiger partial charge in [-0.1, -0.05) is 6.07 Å². The monoisotopic (exact) mass is 350 g/mol. The minimum Gasteiger partial charge on any atom is -0.443 e. The Morgan fingerprint density at radius 2 is 2.50 bits per heavy atom. The normalized spacial score (nSPS) is 18.8. The van der Waals surface area contributed by atoms with Gasteiger partial charge in [0.25, 0.3) is 0 Å². The number of nitrogens with zero attached hydrogens (tertiary/aromatic N) is 3. The van der Waals surface area contributed by atoms with Crippen molar-refractivity contribution in [2.45, 2.75) is 12.6 Å². The number of hydrogen-bond donors (Lipinski definition) is 1. The molecule has 130 valence electrons. The molecule has 7 nitrogen and oxygen atoms in total. The third-order valence-corrected chi connectivity index (χ3v) is 4.57. The van der Waals surface area contributed by atoms with E-state index in [0.717, 1.165) is 29.6 Å². The average Bonchev–Trinajstić information content (AvgIpc) is 3.27. The van der Waals surface area contributed by atoms with E-state index in [1.807, 2.05) is 17.5 Å². The molecule has 3 rings (SSSR count). The van der Waals surface area contributed by atoms with Gasteiger partial charge in [0.15, 0.2) is 5.96 Å². The topological polar surface area (TPSA) is 72.1 Å². The third-order valence-electron chi connectivity index (χ3n) is 3.71. The van der Waals surface area contributed by atoms with Crippen molar-refractivity contribution in [1.29, 1.82) is 0 Å². The van der Waals surface area contributed by atoms with Gasteiger partial charge in [-0.3, -0.25) is 4.99 Å². The predicted molar refractivity (Wildman–Crippen MR) is 93.2 cm³/mol. The maximum atomic E-state index is 5.68. The highest BCUT2D eigenvalue weighted by molar-refractivity contribution is 7.13. The Morgan fingerprint density at radius 3 is 3.25 bits per heavy atom. The highest BCUT2D eigenvalue weighted by atomic mass is 32.1. The SMILES string of the molecule is CN=C(NCc1coc(-c2cccs2)n1)N1CCOC(COC)C1. The molecule has 1 aliphatic heterocycles. The van der Waals surface area contributed by atoms with Crippen LogP contribution in [0.4, 0.5) is 0 Å². The van der Waals surface area contributed by atoms with Crippen molar-refractivity contribution in [2.75, 3.05) is 40.5 Å². The van der Waals surface area contributed by atoms with E-state index >= 15 is 0 Å². The van der Waals surface area contributed by atoms with Crippen molar-refractivity contribution < 1.29 is 13.9 Å². The smallest absolute Gasteiger partial charge is 0.236 e. The molecule has 3 heterocycles. The van der Waals surface area contributed by atoms with Gasteiger partial charge in [-0.25, -0.2) is 4.98 Å². The number of rotatable bonds is 5. The van der Waals surface area contributed by atoms with Gasteiger partial charge in [0, 0.05) is 27.2 Å². The molecule has 0 bridgehead atoms. The lowest BCUT2D eigenvalue weighted by atomic mass is 10.3. The summed E-state index contributed by atoms with van der Waals surface area (Å²) in [6.45, 7) is 3.38. The van der Waals surface area contributed by atoms with E-state index in [2.05, 4.69) is 20.2 Å². The minimum absolute atomic E-state index is 0.0692. The molecule has 0 aliphatic carbocycles. The van der Waals surface area contributed by atoms with Crippen molar-refractivity contribution >= 4 is 17.3 Å². The third kappa shape index (κ3) is 4.14. The molecule has 0 radical (unpaired) electrons. The summed E-state index contributed by atoms with van der Waals surface area (Å²) in [5.74, 6) is 1.49. The molecule has 8 heteroatoms. The number of oxazole rings is 1. The maximum absolute atomic E-state index is 5.68. The van der Waals surface area contributed by atoms with Crippen LogP contribution in [0.3, 0.4) is 0 Å². The fourth-order valence-electron chi connectivity index (χ4n) is 2.60. The number of morpholine rings is 1. The van der Waals surface area contributed by atoms with Crippen LogP contribution >= 0.6 is 11.3 Å². The fraction of sp³-hybridized carbons (Fsp3) is 0.500. The van der Waals surface area contributed by atoms with Crippen molar-refractivity contribution in [3.05, 3.63) is 29.5 Å². The predicted octanol–water partition coefficient (Wildman–Crippen LogP) is 1.83. The van der Waals surface area contributed by atoms with Gasteiger partial charge in [-0.05, 0) is 11.4 Å². The van der Waals surface area contributed by atoms with Crippen LogP contribution in [0.1, 0.15) is 5.69 Å². The molecule has 1 saturated heterocycles. The largest absolute Gasteiger partial charge is 0.443 e. The number of hydrogen-bond acceptors (Lipinski definition) is 6. The molecule has 0 spiro atoms. The van der Waals surface area contributed by atoms with Crippen LogP contribution in [0.15, 0.2) is 33.2 Å². The zero-order valence-corrected chi connectivity index (χ0v) is 14.7. The molecular weight excluding hydrogens is 328 g/mol. The first kappa shape index (κ1) is 16.9. The summed E-state index contributed by atoms with van der Waals surface area (Å²) in [4.78, 5) is 12.1. The van der Waals surface area contributed by atoms with Gasteiger partial charge < -0.3 is 24.1 Å². The van der Waals surface area contributed by atoms with Crippen LogP contribution in [0, 0.1) is 0 Å². The number of methoxy groups -OCH3 is 1. The Kier molecular flexibility index (Phi) is 5.84. The van der Waals surface area contributed by atoms with Crippen LogP contribution in [0.2, 0.25) is 0 Å². The standard InChI is InChI=1S/C16H22N4O3S/c1-17-16(20-5-6-22-13(9-20)11-21-2)18-8-12-10-23-15(19-12)14-4-3-7-24-14/h3-4,7,10,13H,5-6,8-9,11H2,1-2H3,(H,17,18). The van der Waals surface area contributed by atoms with Crippen LogP contribution in [0.25, 0.3) is 10.8 Å². The summed E-state index contributed by atoms with van der Waals surface area (Å²) in [5.41, 5.74) is 0.848. The summed E-state index contributed by atoms with van der Waals surface area (Å²) >= 11 is 1.61. The van der Waals surface area contributed by atoms with Crippen LogP contribution in [-0.2, 0) is 16.0 Å². The first-order chi connectivity index (χ1) is 11.8. The zero-order chi connectivity index (χ0) is 16.8. The summed E-state index contributed by atoms with van der Waals surface area (Å²) in [7, 11) is 3.47. The van der Waals surface area contributed by atoms with Gasteiger partial charge >= 0.3 is 0 Å². The molecule has 2 aromatic rings. The maximum Gasteiger partial charge on any atom is 0.236 e. The summed E-state index contributed by atoms with van der Waals surface area (Å²) in [6.07, 6.45) is 1.75. The van der Waals surface area contributed by atoms with E-state index < -0.39 is 0 Å². The van der Waals surface area contributed by atoms with Crippen molar-refractivity contribution in [3.8, 4) is 10.8 Å². The second-order valence-electron chi connectivity index (χ2n) is 5.42. The number of ether oxygens (including phenoxy) is 2. The summed E-state index contributed by atoms with van der Waals surface area (Å²) < 4.78 is 16.4. The Labute approximate surface area is 145 Å². The molecule has 1 fully saturated rings. The molecular formula is C16H22N4O3S. The van der Waals surface area contributed by atoms with Crippen molar-refractivity contribution in [3.63, 3.8) is 0 Å². The highest BCUT2D eigenvalue weighted by Gasteiger charge is 2.22. The molecule has 1 atom stereocenters. The van der Waals surface area contributed by atoms with E-state index in [1.165, 1.54) is 0 Å². The Morgan fingerprint density at radius 1 is 1.58 bits per heavy atom. The Hall–Kier alpha value is -1.90. The van der Waals surface area contributed by atoms with E-state index in [9.17, 15) is 0 Å². The highest BCUT2D eigenvalue weighted by Crippen LogP contribution is 2.23. The van der Waals surface area contributed by atoms with Gasteiger partial charge in [0.2, 0.25) is 5.89 Å². The van der Waals surface area contributed by atoms with Crippen LogP contribution in [-0.4, -0.2) is 62.4 Å². The van der Waals surface area contributed by atoms with E-state index in [-0.39, 0.29) is 6.10 Å². The first-order valence-electron chi connectivity index (χ1n) is 7.84. The lowest BCUT2D eigenvalue weighted by Gasteiger charge is -2.34. The van der Waals surface area contributed by atoms with Crippen molar-refractivity contribution in [1.82, 2.24) is 15.2 Å². The number of guanidine groups is 1. The summed E-state index contributed by atoms with van der Waals surface area (Å²) in [6, 6.07) is 3.98. The van der Waals surface area contributed by atoms with E-state index in [1.54, 1.807) is 31.8 Å². The molecule has 24 heavy (non-hydrogen) atoms. The van der Waals surface area contributed by atoms with Crippen LogP contribution in [0.5, 0.6) is 0 Å². The van der Waals surface area contributed by atoms with Crippen molar-refractivity contribution in [2.24, 2.45) is 4.99 Å². The number of aromatic nitrogens is 1. The lowest BCUT2D eigenvalue weighted by Crippen LogP contribution is -2.51. The molecule has 0 saturated carbocycles. The van der Waals surface area contributed by atoms with Gasteiger partial charge in [-0.2, -0.15) is 0 Å². The minimum atomic E-state index is 0.0692. The second kappa shape index (κ2) is 8.27. The molecule has 1 N–H and O–H groups in total. The number of nitrogens with one attached hydrogen (secondary N) is 1. The van der Waals surface area contributed by atoms with Gasteiger partial charge in [0.1, 0.15) is 6.26 Å². The second-order valence-corrected chi connectivity index (χ2v) is 6.36. The molecule has 0 amide bonds. The average molecular weight is 350 g/mol. The Bertz CT molecular complexity index is 654. The van der Waals surface area contributed by atoms with Gasteiger partial charge in [-0.15, -0.1) is 11.3 Å². The molecule has 0 aromatic carbocycles. The first-order valence-corrected chi connectivity index (χ1v) is 8.72. The lowest BCUT2D eigenvalue weighted by molar-refractivity contribution is -0.0447. The number of thiophene rings is 1. The molecule has 1 aliphatic rings. The number of aliphatic imine (C=N–C) groups is 1. The molecule has 2 aromatic heterocycles. The van der Waals surface area contributed by atoms with Crippen LogP contribution < -0.4 is 5.32 Å². The van der Waals surface area contributed by atoms with Gasteiger partial charge in [0.05, 0.1) is 36.4 Å².